The highest BCUT2D eigenvalue weighted by Crippen LogP contribution is 2.02. The van der Waals surface area contributed by atoms with Gasteiger partial charge in [0.1, 0.15) is 0 Å². The minimum Gasteiger partial charge on any atom is -0.382 e. The van der Waals surface area contributed by atoms with E-state index in [1.807, 2.05) is 6.92 Å². The lowest BCUT2D eigenvalue weighted by Gasteiger charge is -2.29. The number of nitrogens with two attached hydrogens (primary N) is 1. The van der Waals surface area contributed by atoms with E-state index in [9.17, 15) is 0 Å². The molecule has 7 heteroatoms. The Hall–Kier alpha value is -0.890. The van der Waals surface area contributed by atoms with Gasteiger partial charge in [-0.15, -0.1) is 0 Å². The van der Waals surface area contributed by atoms with Gasteiger partial charge in [0.15, 0.2) is 0 Å². The Balaban J connectivity index is 2.19. The van der Waals surface area contributed by atoms with E-state index < -0.39 is 0 Å². The van der Waals surface area contributed by atoms with Crippen LogP contribution in [-0.2, 0) is 9.47 Å². The molecule has 19 heavy (non-hydrogen) atoms. The number of aliphatic imine (C=N–C) groups is 1. The van der Waals surface area contributed by atoms with Crippen molar-refractivity contribution in [3.05, 3.63) is 0 Å². The number of ether oxygens (including phenoxy) is 2. The van der Waals surface area contributed by atoms with Gasteiger partial charge in [-0.1, -0.05) is 0 Å². The maximum Gasteiger partial charge on any atom is 0.205 e. The molecule has 0 aromatic rings. The highest BCUT2D eigenvalue weighted by molar-refractivity contribution is 5.79. The van der Waals surface area contributed by atoms with Crippen molar-refractivity contribution in [3.63, 3.8) is 0 Å². The van der Waals surface area contributed by atoms with Crippen molar-refractivity contribution < 1.29 is 9.47 Å². The van der Waals surface area contributed by atoms with E-state index in [0.29, 0.717) is 12.5 Å². The molecule has 1 aliphatic rings. The number of guanidine groups is 1. The van der Waals surface area contributed by atoms with Gasteiger partial charge < -0.3 is 19.7 Å². The summed E-state index contributed by atoms with van der Waals surface area (Å²) in [7, 11) is 2.09. The van der Waals surface area contributed by atoms with Crippen LogP contribution in [0.5, 0.6) is 0 Å². The Kier molecular flexibility index (Phi) is 8.48. The molecule has 1 fully saturated rings. The fourth-order valence-electron chi connectivity index (χ4n) is 1.85. The number of morpholine rings is 1. The van der Waals surface area contributed by atoms with E-state index in [-0.39, 0.29) is 6.10 Å². The molecule has 0 aromatic heterocycles. The van der Waals surface area contributed by atoms with Crippen LogP contribution in [0.15, 0.2) is 4.99 Å². The van der Waals surface area contributed by atoms with Crippen LogP contribution in [0, 0.1) is 0 Å². The molecule has 4 N–H and O–H groups in total. The molecule has 1 saturated heterocycles. The fourth-order valence-corrected chi connectivity index (χ4v) is 1.85. The molecule has 1 heterocycles. The number of likely N-dealkylation sites (N-methyl/N-ethyl adjacent to an activating group) is 1. The molecule has 1 atom stereocenters. The maximum atomic E-state index is 5.64. The van der Waals surface area contributed by atoms with Crippen molar-refractivity contribution in [2.45, 2.75) is 19.4 Å². The summed E-state index contributed by atoms with van der Waals surface area (Å²) in [6.07, 6.45) is 1.07. The second-order valence-electron chi connectivity index (χ2n) is 4.57. The van der Waals surface area contributed by atoms with Gasteiger partial charge in [0.25, 0.3) is 0 Å². The topological polar surface area (TPSA) is 84.1 Å². The molecule has 1 unspecified atom stereocenters. The Morgan fingerprint density at radius 1 is 1.58 bits per heavy atom. The van der Waals surface area contributed by atoms with Crippen LogP contribution < -0.4 is 16.6 Å². The summed E-state index contributed by atoms with van der Waals surface area (Å²) in [5.41, 5.74) is 2.57. The van der Waals surface area contributed by atoms with Gasteiger partial charge in [-0.25, -0.2) is 10.8 Å². The normalized spacial score (nSPS) is 21.4. The highest BCUT2D eigenvalue weighted by atomic mass is 16.5. The van der Waals surface area contributed by atoms with E-state index in [2.05, 4.69) is 27.7 Å². The Labute approximate surface area is 115 Å². The average molecular weight is 273 g/mol. The first-order valence-electron chi connectivity index (χ1n) is 6.89. The Morgan fingerprint density at radius 3 is 3.11 bits per heavy atom. The van der Waals surface area contributed by atoms with Crippen molar-refractivity contribution in [2.24, 2.45) is 10.8 Å². The lowest BCUT2D eigenvalue weighted by Crippen LogP contribution is -2.45. The van der Waals surface area contributed by atoms with Gasteiger partial charge >= 0.3 is 0 Å². The molecule has 0 aromatic carbocycles. The summed E-state index contributed by atoms with van der Waals surface area (Å²) >= 11 is 0. The van der Waals surface area contributed by atoms with E-state index >= 15 is 0 Å². The first kappa shape index (κ1) is 16.2. The lowest BCUT2D eigenvalue weighted by atomic mass is 10.3. The summed E-state index contributed by atoms with van der Waals surface area (Å²) in [5.74, 6) is 6.04. The van der Waals surface area contributed by atoms with E-state index in [0.717, 1.165) is 45.9 Å². The van der Waals surface area contributed by atoms with Crippen LogP contribution in [0.2, 0.25) is 0 Å². The molecule has 1 aliphatic heterocycles. The van der Waals surface area contributed by atoms with Gasteiger partial charge in [0.05, 0.1) is 19.3 Å². The molecule has 0 saturated carbocycles. The van der Waals surface area contributed by atoms with Gasteiger partial charge in [0, 0.05) is 32.8 Å². The molecular formula is C12H27N5O2. The second-order valence-corrected chi connectivity index (χ2v) is 4.57. The summed E-state index contributed by atoms with van der Waals surface area (Å²) in [4.78, 5) is 6.64. The first-order chi connectivity index (χ1) is 9.26. The number of rotatable bonds is 7. The van der Waals surface area contributed by atoms with Crippen molar-refractivity contribution in [1.29, 1.82) is 0 Å². The zero-order valence-electron chi connectivity index (χ0n) is 12.0. The number of nitrogens with zero attached hydrogens (tertiary/aromatic N) is 2. The molecule has 0 bridgehead atoms. The monoisotopic (exact) mass is 273 g/mol. The Morgan fingerprint density at radius 2 is 2.42 bits per heavy atom. The van der Waals surface area contributed by atoms with Crippen LogP contribution in [0.4, 0.5) is 0 Å². The predicted molar refractivity (Wildman–Crippen MR) is 76.0 cm³/mol. The van der Waals surface area contributed by atoms with Crippen molar-refractivity contribution in [1.82, 2.24) is 15.6 Å². The SMILES string of the molecule is CCOCCCNC(=NCC1CN(C)CCO1)NN. The third-order valence-corrected chi connectivity index (χ3v) is 2.89. The Bertz CT molecular complexity index is 263. The molecular weight excluding hydrogens is 246 g/mol. The summed E-state index contributed by atoms with van der Waals surface area (Å²) in [6, 6.07) is 0. The summed E-state index contributed by atoms with van der Waals surface area (Å²) in [6.45, 7) is 7.55. The molecule has 0 aliphatic carbocycles. The maximum absolute atomic E-state index is 5.64. The smallest absolute Gasteiger partial charge is 0.205 e. The largest absolute Gasteiger partial charge is 0.382 e. The van der Waals surface area contributed by atoms with Crippen molar-refractivity contribution >= 4 is 5.96 Å². The first-order valence-corrected chi connectivity index (χ1v) is 6.89. The third-order valence-electron chi connectivity index (χ3n) is 2.89. The standard InChI is InChI=1S/C12H27N5O2/c1-3-18-7-4-5-14-12(16-13)15-9-11-10-17(2)6-8-19-11/h11H,3-10,13H2,1-2H3,(H2,14,15,16). The minimum atomic E-state index is 0.146. The van der Waals surface area contributed by atoms with E-state index in [1.54, 1.807) is 0 Å². The molecule has 112 valence electrons. The fraction of sp³-hybridized carbons (Fsp3) is 0.917. The van der Waals surface area contributed by atoms with Gasteiger partial charge in [-0.3, -0.25) is 5.43 Å². The molecule has 0 amide bonds. The van der Waals surface area contributed by atoms with Crippen LogP contribution in [0.25, 0.3) is 0 Å². The van der Waals surface area contributed by atoms with Gasteiger partial charge in [-0.2, -0.15) is 0 Å². The van der Waals surface area contributed by atoms with Crippen LogP contribution in [0.3, 0.4) is 0 Å². The molecule has 0 radical (unpaired) electrons. The molecule has 7 nitrogen and oxygen atoms in total. The number of hydrazine groups is 1. The van der Waals surface area contributed by atoms with E-state index in [4.69, 9.17) is 15.3 Å². The number of hydrogen-bond acceptors (Lipinski definition) is 5. The zero-order valence-corrected chi connectivity index (χ0v) is 12.0. The van der Waals surface area contributed by atoms with E-state index in [1.165, 1.54) is 0 Å². The number of nitrogens with one attached hydrogen (secondary N) is 2. The van der Waals surface area contributed by atoms with Gasteiger partial charge in [-0.05, 0) is 20.4 Å². The minimum absolute atomic E-state index is 0.146. The number of hydrogen-bond donors (Lipinski definition) is 3. The average Bonchev–Trinajstić information content (AvgIpc) is 2.42. The van der Waals surface area contributed by atoms with Crippen molar-refractivity contribution in [2.75, 3.05) is 53.0 Å². The van der Waals surface area contributed by atoms with Crippen LogP contribution in [-0.4, -0.2) is 70.0 Å². The lowest BCUT2D eigenvalue weighted by molar-refractivity contribution is -0.0136. The quantitative estimate of drug-likeness (QED) is 0.184. The second kappa shape index (κ2) is 9.96. The molecule has 0 spiro atoms. The summed E-state index contributed by atoms with van der Waals surface area (Å²) in [5, 5.41) is 3.14. The predicted octanol–water partition coefficient (Wildman–Crippen LogP) is -0.847. The molecule has 1 rings (SSSR count). The summed E-state index contributed by atoms with van der Waals surface area (Å²) < 4.78 is 10.9. The van der Waals surface area contributed by atoms with Crippen LogP contribution >= 0.6 is 0 Å². The van der Waals surface area contributed by atoms with Gasteiger partial charge in [0.2, 0.25) is 5.96 Å². The van der Waals surface area contributed by atoms with Crippen LogP contribution in [0.1, 0.15) is 13.3 Å². The third kappa shape index (κ3) is 7.31. The zero-order chi connectivity index (χ0) is 13.9. The highest BCUT2D eigenvalue weighted by Gasteiger charge is 2.17. The van der Waals surface area contributed by atoms with Crippen molar-refractivity contribution in [3.8, 4) is 0 Å².